The smallest absolute Gasteiger partial charge is 0.493 e. The number of halogens is 2. The summed E-state index contributed by atoms with van der Waals surface area (Å²) >= 11 is 6.01. The van der Waals surface area contributed by atoms with Crippen LogP contribution in [0.1, 0.15) is 76.0 Å². The van der Waals surface area contributed by atoms with Gasteiger partial charge in [-0.3, -0.25) is 4.79 Å². The fraction of sp³-hybridized carbons (Fsp3) is 0.424. The Bertz CT molecular complexity index is 1490. The first-order chi connectivity index (χ1) is 20.5. The fourth-order valence-corrected chi connectivity index (χ4v) is 4.38. The van der Waals surface area contributed by atoms with E-state index in [9.17, 15) is 19.1 Å². The van der Waals surface area contributed by atoms with Crippen LogP contribution in [-0.4, -0.2) is 48.0 Å². The molecule has 0 amide bonds. The number of hydrogen-bond acceptors (Lipinski definition) is 9. The highest BCUT2D eigenvalue weighted by Gasteiger charge is 2.29. The Morgan fingerprint density at radius 3 is 2.34 bits per heavy atom. The lowest BCUT2D eigenvalue weighted by molar-refractivity contribution is -0.000643. The van der Waals surface area contributed by atoms with E-state index in [4.69, 9.17) is 36.3 Å². The van der Waals surface area contributed by atoms with Crippen molar-refractivity contribution in [3.8, 4) is 22.8 Å². The number of nitrogens with zero attached hydrogens (tertiary/aromatic N) is 1. The predicted octanol–water partition coefficient (Wildman–Crippen LogP) is 6.94. The third kappa shape index (κ3) is 9.38. The Labute approximate surface area is 262 Å². The number of Topliss-reactive ketones (excluding diaryl/α,β-unsaturated/α-hetero) is 1. The van der Waals surface area contributed by atoms with Crippen molar-refractivity contribution < 1.29 is 38.0 Å². The second-order valence-corrected chi connectivity index (χ2v) is 12.1. The highest BCUT2D eigenvalue weighted by Crippen LogP contribution is 2.34. The summed E-state index contributed by atoms with van der Waals surface area (Å²) in [6.07, 6.45) is -1.63. The maximum atomic E-state index is 13.8. The molecule has 44 heavy (non-hydrogen) atoms. The van der Waals surface area contributed by atoms with E-state index in [1.807, 2.05) is 13.8 Å². The van der Waals surface area contributed by atoms with Gasteiger partial charge in [0.25, 0.3) is 0 Å². The molecule has 2 aromatic carbocycles. The normalized spacial score (nSPS) is 13.6. The molecule has 9 nitrogen and oxygen atoms in total. The van der Waals surface area contributed by atoms with Crippen molar-refractivity contribution >= 4 is 23.5 Å². The quantitative estimate of drug-likeness (QED) is 0.152. The first kappa shape index (κ1) is 34.8. The summed E-state index contributed by atoms with van der Waals surface area (Å²) < 4.78 is 35.1. The van der Waals surface area contributed by atoms with E-state index >= 15 is 0 Å². The number of aromatic nitrogens is 1. The Morgan fingerprint density at radius 2 is 1.73 bits per heavy atom. The van der Waals surface area contributed by atoms with Gasteiger partial charge >= 0.3 is 6.16 Å². The number of pyridine rings is 1. The first-order valence-electron chi connectivity index (χ1n) is 14.2. The van der Waals surface area contributed by atoms with E-state index in [0.29, 0.717) is 39.6 Å². The molecule has 0 fully saturated rings. The van der Waals surface area contributed by atoms with E-state index in [1.165, 1.54) is 19.2 Å². The Hall–Kier alpha value is -3.73. The molecule has 0 aliphatic heterocycles. The van der Waals surface area contributed by atoms with Gasteiger partial charge in [-0.05, 0) is 102 Å². The van der Waals surface area contributed by atoms with Crippen molar-refractivity contribution in [1.82, 2.24) is 4.98 Å². The standard InChI is InChI=1S/C33H40ClFN2O7/c1-19(2)43-31(39)44-20(3)18-42-28-11-9-22(15-29(28)41-7)27(38)12-13-33(6,40)30-17-23(32(4,5)36)16-26(37-30)21-8-10-25(35)24(34)14-21/h8-11,14-17,19-20,40H,12-13,18,36H2,1-7H3/t20-,33?/m1/s1. The number of methoxy groups -OCH3 is 1. The molecule has 0 spiro atoms. The molecule has 3 rings (SSSR count). The van der Waals surface area contributed by atoms with E-state index in [0.717, 1.165) is 0 Å². The molecule has 0 saturated carbocycles. The van der Waals surface area contributed by atoms with Gasteiger partial charge in [-0.25, -0.2) is 14.2 Å². The van der Waals surface area contributed by atoms with Crippen molar-refractivity contribution in [3.63, 3.8) is 0 Å². The summed E-state index contributed by atoms with van der Waals surface area (Å²) in [7, 11) is 1.45. The number of ether oxygens (including phenoxy) is 4. The molecule has 3 N–H and O–H groups in total. The van der Waals surface area contributed by atoms with Gasteiger partial charge in [0.1, 0.15) is 24.1 Å². The van der Waals surface area contributed by atoms with E-state index in [1.54, 1.807) is 64.1 Å². The van der Waals surface area contributed by atoms with Crippen molar-refractivity contribution in [3.05, 3.63) is 76.2 Å². The summed E-state index contributed by atoms with van der Waals surface area (Å²) in [6, 6.07) is 12.5. The molecule has 0 aliphatic rings. The molecule has 2 atom stereocenters. The summed E-state index contributed by atoms with van der Waals surface area (Å²) in [5.74, 6) is -0.103. The van der Waals surface area contributed by atoms with Gasteiger partial charge < -0.3 is 29.8 Å². The van der Waals surface area contributed by atoms with Gasteiger partial charge in [-0.15, -0.1) is 0 Å². The lowest BCUT2D eigenvalue weighted by Crippen LogP contribution is -2.31. The van der Waals surface area contributed by atoms with Crippen LogP contribution < -0.4 is 15.2 Å². The summed E-state index contributed by atoms with van der Waals surface area (Å²) in [5.41, 5.74) is 6.49. The molecule has 1 unspecified atom stereocenters. The second-order valence-electron chi connectivity index (χ2n) is 11.7. The van der Waals surface area contributed by atoms with Crippen molar-refractivity contribution in [1.29, 1.82) is 0 Å². The van der Waals surface area contributed by atoms with Crippen molar-refractivity contribution in [2.24, 2.45) is 5.73 Å². The van der Waals surface area contributed by atoms with Crippen molar-refractivity contribution in [2.75, 3.05) is 13.7 Å². The van der Waals surface area contributed by atoms with E-state index in [-0.39, 0.29) is 36.4 Å². The molecule has 1 heterocycles. The van der Waals surface area contributed by atoms with Crippen LogP contribution in [0.3, 0.4) is 0 Å². The van der Waals surface area contributed by atoms with Crippen LogP contribution >= 0.6 is 11.6 Å². The topological polar surface area (TPSA) is 130 Å². The minimum atomic E-state index is -1.50. The largest absolute Gasteiger partial charge is 0.508 e. The van der Waals surface area contributed by atoms with Gasteiger partial charge in [0.2, 0.25) is 0 Å². The van der Waals surface area contributed by atoms with Crippen LogP contribution in [0.25, 0.3) is 11.3 Å². The predicted molar refractivity (Wildman–Crippen MR) is 166 cm³/mol. The molecule has 1 aromatic heterocycles. The molecule has 0 aliphatic carbocycles. The number of nitrogens with two attached hydrogens (primary N) is 1. The summed E-state index contributed by atoms with van der Waals surface area (Å²) in [4.78, 5) is 29.5. The minimum Gasteiger partial charge on any atom is -0.493 e. The van der Waals surface area contributed by atoms with E-state index < -0.39 is 29.2 Å². The summed E-state index contributed by atoms with van der Waals surface area (Å²) in [5, 5.41) is 11.4. The molecule has 0 radical (unpaired) electrons. The van der Waals surface area contributed by atoms with Crippen LogP contribution in [0.15, 0.2) is 48.5 Å². The number of benzene rings is 2. The first-order valence-corrected chi connectivity index (χ1v) is 14.6. The van der Waals surface area contributed by atoms with Crippen LogP contribution in [0.4, 0.5) is 9.18 Å². The number of carbonyl (C=O) groups is 2. The Balaban J connectivity index is 1.75. The zero-order valence-electron chi connectivity index (χ0n) is 26.1. The van der Waals surface area contributed by atoms with E-state index in [2.05, 4.69) is 4.98 Å². The second kappa shape index (κ2) is 14.4. The molecule has 0 bridgehead atoms. The maximum absolute atomic E-state index is 13.8. The third-order valence-corrected chi connectivity index (χ3v) is 7.05. The molecular weight excluding hydrogens is 591 g/mol. The SMILES string of the molecule is COc1cc(C(=O)CCC(C)(O)c2cc(C(C)(C)N)cc(-c3ccc(F)c(Cl)c3)n2)ccc1OC[C@@H](C)OC(=O)OC(C)C. The van der Waals surface area contributed by atoms with Crippen molar-refractivity contribution in [2.45, 2.75) is 77.7 Å². The van der Waals surface area contributed by atoms with Crippen LogP contribution in [0.5, 0.6) is 11.5 Å². The molecule has 238 valence electrons. The highest BCUT2D eigenvalue weighted by molar-refractivity contribution is 6.31. The Morgan fingerprint density at radius 1 is 1.02 bits per heavy atom. The highest BCUT2D eigenvalue weighted by atomic mass is 35.5. The fourth-order valence-electron chi connectivity index (χ4n) is 4.20. The molecular formula is C33H40ClFN2O7. The third-order valence-electron chi connectivity index (χ3n) is 6.76. The van der Waals surface area contributed by atoms with Gasteiger partial charge in [-0.2, -0.15) is 0 Å². The number of aliphatic hydroxyl groups is 1. The minimum absolute atomic E-state index is 0.00513. The Kier molecular flexibility index (Phi) is 11.3. The lowest BCUT2D eigenvalue weighted by atomic mass is 9.88. The zero-order chi connectivity index (χ0) is 32.8. The average molecular weight is 631 g/mol. The molecule has 0 saturated heterocycles. The number of hydrogen-bond donors (Lipinski definition) is 2. The van der Waals surface area contributed by atoms with Gasteiger partial charge in [0.05, 0.1) is 29.6 Å². The maximum Gasteiger partial charge on any atom is 0.508 e. The van der Waals surface area contributed by atoms with Gasteiger partial charge in [0.15, 0.2) is 17.3 Å². The zero-order valence-corrected chi connectivity index (χ0v) is 26.8. The lowest BCUT2D eigenvalue weighted by Gasteiger charge is -2.27. The van der Waals surface area contributed by atoms with Crippen LogP contribution in [0, 0.1) is 5.82 Å². The summed E-state index contributed by atoms with van der Waals surface area (Å²) in [6.45, 7) is 10.4. The average Bonchev–Trinajstić information content (AvgIpc) is 2.95. The number of carbonyl (C=O) groups excluding carboxylic acids is 2. The molecule has 11 heteroatoms. The van der Waals surface area contributed by atoms with Gasteiger partial charge in [0, 0.05) is 23.1 Å². The molecule has 3 aromatic rings. The number of ketones is 1. The van der Waals surface area contributed by atoms with Gasteiger partial charge in [-0.1, -0.05) is 11.6 Å². The van der Waals surface area contributed by atoms with Crippen LogP contribution in [-0.2, 0) is 20.6 Å². The number of rotatable bonds is 13. The van der Waals surface area contributed by atoms with Crippen LogP contribution in [0.2, 0.25) is 5.02 Å². The monoisotopic (exact) mass is 630 g/mol.